The first kappa shape index (κ1) is 19.3. The van der Waals surface area contributed by atoms with Crippen LogP contribution < -0.4 is 14.2 Å². The molecule has 2 aromatic carbocycles. The highest BCUT2D eigenvalue weighted by atomic mass is 16.5. The van der Waals surface area contributed by atoms with Crippen molar-refractivity contribution >= 4 is 11.9 Å². The summed E-state index contributed by atoms with van der Waals surface area (Å²) < 4.78 is 17.4. The predicted octanol–water partition coefficient (Wildman–Crippen LogP) is 4.37. The Hall–Kier alpha value is -3.64. The quantitative estimate of drug-likeness (QED) is 0.591. The number of carbonyl (C=O) groups excluding carboxylic acids is 1. The van der Waals surface area contributed by atoms with Gasteiger partial charge in [0.15, 0.2) is 5.76 Å². The minimum atomic E-state index is -0.131. The third-order valence-electron chi connectivity index (χ3n) is 5.54. The number of ketones is 1. The number of nitrogens with zero attached hydrogens (tertiary/aromatic N) is 2. The predicted molar refractivity (Wildman–Crippen MR) is 116 cm³/mol. The number of hydrogen-bond acceptors (Lipinski definition) is 6. The molecule has 3 heterocycles. The molecular weight excluding hydrogens is 392 g/mol. The lowest BCUT2D eigenvalue weighted by molar-refractivity contribution is 0.0865. The first-order valence-corrected chi connectivity index (χ1v) is 10.1. The number of Topliss-reactive ketones (excluding diaryl/α,β-unsaturated/α-hetero) is 1. The van der Waals surface area contributed by atoms with Crippen molar-refractivity contribution in [2.75, 3.05) is 13.8 Å². The van der Waals surface area contributed by atoms with Gasteiger partial charge in [0, 0.05) is 36.0 Å². The van der Waals surface area contributed by atoms with Gasteiger partial charge in [-0.05, 0) is 37.3 Å². The van der Waals surface area contributed by atoms with Crippen molar-refractivity contribution in [3.8, 4) is 17.2 Å². The van der Waals surface area contributed by atoms with E-state index < -0.39 is 0 Å². The fourth-order valence-corrected chi connectivity index (χ4v) is 4.05. The van der Waals surface area contributed by atoms with Crippen molar-refractivity contribution in [2.24, 2.45) is 0 Å². The summed E-state index contributed by atoms with van der Waals surface area (Å²) in [5, 5.41) is 0. The molecule has 3 aromatic rings. The summed E-state index contributed by atoms with van der Waals surface area (Å²) in [4.78, 5) is 19.7. The van der Waals surface area contributed by atoms with Crippen LogP contribution in [0.1, 0.15) is 32.7 Å². The first-order valence-electron chi connectivity index (χ1n) is 10.1. The maximum atomic E-state index is 13.1. The summed E-state index contributed by atoms with van der Waals surface area (Å²) in [7, 11) is 1.61. The normalized spacial score (nSPS) is 16.5. The molecule has 0 spiro atoms. The lowest BCUT2D eigenvalue weighted by Gasteiger charge is -2.30. The highest BCUT2D eigenvalue weighted by Gasteiger charge is 2.33. The molecule has 6 heteroatoms. The van der Waals surface area contributed by atoms with E-state index in [1.54, 1.807) is 19.4 Å². The van der Waals surface area contributed by atoms with E-state index in [-0.39, 0.29) is 11.5 Å². The summed E-state index contributed by atoms with van der Waals surface area (Å²) in [6, 6.07) is 15.3. The Morgan fingerprint density at radius 1 is 1.16 bits per heavy atom. The maximum absolute atomic E-state index is 13.1. The highest BCUT2D eigenvalue weighted by Crippen LogP contribution is 2.43. The summed E-state index contributed by atoms with van der Waals surface area (Å²) in [6.07, 6.45) is 3.52. The SMILES string of the molecule is COc1ccccc1C=C1Oc2c(cc3c(c2C)OCN(Cc2ccccn2)C3)C1=O. The summed E-state index contributed by atoms with van der Waals surface area (Å²) in [5.41, 5.74) is 4.17. The summed E-state index contributed by atoms with van der Waals surface area (Å²) >= 11 is 0. The van der Waals surface area contributed by atoms with Gasteiger partial charge in [0.2, 0.25) is 5.78 Å². The second-order valence-electron chi connectivity index (χ2n) is 7.63. The molecule has 0 fully saturated rings. The number of allylic oxidation sites excluding steroid dienone is 1. The molecule has 0 bridgehead atoms. The molecule has 0 unspecified atom stereocenters. The zero-order valence-corrected chi connectivity index (χ0v) is 17.4. The fourth-order valence-electron chi connectivity index (χ4n) is 4.05. The number of aromatic nitrogens is 1. The average molecular weight is 414 g/mol. The Morgan fingerprint density at radius 3 is 2.81 bits per heavy atom. The van der Waals surface area contributed by atoms with E-state index in [1.807, 2.05) is 55.5 Å². The maximum Gasteiger partial charge on any atom is 0.231 e. The number of methoxy groups -OCH3 is 1. The van der Waals surface area contributed by atoms with Gasteiger partial charge >= 0.3 is 0 Å². The number of hydrogen-bond donors (Lipinski definition) is 0. The number of rotatable bonds is 4. The van der Waals surface area contributed by atoms with Crippen molar-refractivity contribution in [3.63, 3.8) is 0 Å². The van der Waals surface area contributed by atoms with Crippen LogP contribution in [0.4, 0.5) is 0 Å². The van der Waals surface area contributed by atoms with Crippen molar-refractivity contribution in [1.82, 2.24) is 9.88 Å². The second kappa shape index (κ2) is 7.89. The van der Waals surface area contributed by atoms with Gasteiger partial charge in [-0.1, -0.05) is 24.3 Å². The van der Waals surface area contributed by atoms with E-state index in [9.17, 15) is 4.79 Å². The van der Waals surface area contributed by atoms with Gasteiger partial charge < -0.3 is 14.2 Å². The Bertz CT molecular complexity index is 1190. The van der Waals surface area contributed by atoms with Crippen molar-refractivity contribution < 1.29 is 19.0 Å². The third-order valence-corrected chi connectivity index (χ3v) is 5.54. The number of ether oxygens (including phenoxy) is 3. The Kier molecular flexibility index (Phi) is 4.92. The zero-order valence-electron chi connectivity index (χ0n) is 17.4. The van der Waals surface area contributed by atoms with Crippen LogP contribution in [-0.4, -0.2) is 29.5 Å². The Balaban J connectivity index is 1.44. The Morgan fingerprint density at radius 2 is 2.00 bits per heavy atom. The lowest BCUT2D eigenvalue weighted by Crippen LogP contribution is -2.32. The largest absolute Gasteiger partial charge is 0.496 e. The molecule has 0 N–H and O–H groups in total. The van der Waals surface area contributed by atoms with E-state index in [4.69, 9.17) is 14.2 Å². The van der Waals surface area contributed by atoms with Crippen LogP contribution in [0.15, 0.2) is 60.5 Å². The fraction of sp³-hybridized carbons (Fsp3) is 0.200. The molecule has 2 aliphatic rings. The molecular formula is C25H22N2O4. The first-order chi connectivity index (χ1) is 15.1. The third kappa shape index (κ3) is 3.55. The average Bonchev–Trinajstić information content (AvgIpc) is 3.10. The van der Waals surface area contributed by atoms with E-state index in [0.717, 1.165) is 28.1 Å². The number of para-hydroxylation sites is 1. The van der Waals surface area contributed by atoms with Crippen LogP contribution in [0.25, 0.3) is 6.08 Å². The van der Waals surface area contributed by atoms with E-state index >= 15 is 0 Å². The lowest BCUT2D eigenvalue weighted by atomic mass is 10.00. The molecule has 156 valence electrons. The van der Waals surface area contributed by atoms with E-state index in [1.165, 1.54) is 0 Å². The van der Waals surface area contributed by atoms with Gasteiger partial charge in [-0.15, -0.1) is 0 Å². The topological polar surface area (TPSA) is 60.9 Å². The Labute approximate surface area is 180 Å². The molecule has 6 nitrogen and oxygen atoms in total. The van der Waals surface area contributed by atoms with Crippen LogP contribution in [0.2, 0.25) is 0 Å². The van der Waals surface area contributed by atoms with Crippen LogP contribution >= 0.6 is 0 Å². The molecule has 0 radical (unpaired) electrons. The molecule has 31 heavy (non-hydrogen) atoms. The van der Waals surface area contributed by atoms with Gasteiger partial charge in [0.1, 0.15) is 24.0 Å². The molecule has 1 aromatic heterocycles. The van der Waals surface area contributed by atoms with Gasteiger partial charge in [0.25, 0.3) is 0 Å². The number of benzene rings is 2. The summed E-state index contributed by atoms with van der Waals surface area (Å²) in [5.74, 6) is 2.21. The highest BCUT2D eigenvalue weighted by molar-refractivity contribution is 6.15. The molecule has 0 atom stereocenters. The second-order valence-corrected chi connectivity index (χ2v) is 7.63. The molecule has 5 rings (SSSR count). The van der Waals surface area contributed by atoms with Gasteiger partial charge in [0.05, 0.1) is 18.4 Å². The van der Waals surface area contributed by atoms with Gasteiger partial charge in [-0.2, -0.15) is 0 Å². The number of carbonyl (C=O) groups is 1. The van der Waals surface area contributed by atoms with Crippen molar-refractivity contribution in [1.29, 1.82) is 0 Å². The number of pyridine rings is 1. The molecule has 0 saturated carbocycles. The van der Waals surface area contributed by atoms with Gasteiger partial charge in [-0.25, -0.2) is 0 Å². The smallest absolute Gasteiger partial charge is 0.231 e. The van der Waals surface area contributed by atoms with Crippen LogP contribution in [0.3, 0.4) is 0 Å². The van der Waals surface area contributed by atoms with Crippen LogP contribution in [0.5, 0.6) is 17.2 Å². The molecule has 0 saturated heterocycles. The van der Waals surface area contributed by atoms with Gasteiger partial charge in [-0.3, -0.25) is 14.7 Å². The molecule has 2 aliphatic heterocycles. The van der Waals surface area contributed by atoms with Crippen LogP contribution in [-0.2, 0) is 13.1 Å². The minimum absolute atomic E-state index is 0.131. The molecule has 0 aliphatic carbocycles. The summed E-state index contributed by atoms with van der Waals surface area (Å²) in [6.45, 7) is 3.76. The standard InChI is InChI=1S/C25H22N2O4/c1-16-24-18(13-27(15-30-24)14-19-8-5-6-10-26-19)11-20-23(28)22(31-25(16)20)12-17-7-3-4-9-21(17)29-2/h3-12H,13-15H2,1-2H3. The zero-order chi connectivity index (χ0) is 21.4. The van der Waals surface area contributed by atoms with Crippen molar-refractivity contribution in [3.05, 3.63) is 88.4 Å². The monoisotopic (exact) mass is 414 g/mol. The van der Waals surface area contributed by atoms with Crippen LogP contribution in [0, 0.1) is 6.92 Å². The number of fused-ring (bicyclic) bond motifs is 2. The minimum Gasteiger partial charge on any atom is -0.496 e. The van der Waals surface area contributed by atoms with E-state index in [2.05, 4.69) is 9.88 Å². The van der Waals surface area contributed by atoms with E-state index in [0.29, 0.717) is 36.9 Å². The van der Waals surface area contributed by atoms with Crippen molar-refractivity contribution in [2.45, 2.75) is 20.0 Å². The molecule has 0 amide bonds.